The minimum absolute atomic E-state index is 0.233. The van der Waals surface area contributed by atoms with E-state index in [0.29, 0.717) is 10.0 Å². The third-order valence-electron chi connectivity index (χ3n) is 2.97. The van der Waals surface area contributed by atoms with Gasteiger partial charge in [-0.25, -0.2) is 4.39 Å². The van der Waals surface area contributed by atoms with Gasteiger partial charge in [0.05, 0.1) is 0 Å². The van der Waals surface area contributed by atoms with Gasteiger partial charge >= 0.3 is 0 Å². The minimum atomic E-state index is -0.510. The van der Waals surface area contributed by atoms with Crippen LogP contribution in [0.1, 0.15) is 17.5 Å². The molecule has 1 heterocycles. The van der Waals surface area contributed by atoms with Crippen LogP contribution in [-0.4, -0.2) is 10.2 Å². The minimum Gasteiger partial charge on any atom is -0.419 e. The van der Waals surface area contributed by atoms with Gasteiger partial charge < -0.3 is 10.2 Å². The standard InChI is InChI=1S/C15H11BrFN3O/c16-11-6-10(7-12(17)8-11)14-19-20-15(21-14)13(18)9-4-2-1-3-5-9/h1-8,13H,18H2. The zero-order valence-corrected chi connectivity index (χ0v) is 12.4. The average molecular weight is 348 g/mol. The maximum atomic E-state index is 13.4. The van der Waals surface area contributed by atoms with Crippen molar-refractivity contribution in [2.45, 2.75) is 6.04 Å². The molecule has 1 atom stereocenters. The van der Waals surface area contributed by atoms with E-state index in [2.05, 4.69) is 26.1 Å². The van der Waals surface area contributed by atoms with Gasteiger partial charge in [0.15, 0.2) is 0 Å². The summed E-state index contributed by atoms with van der Waals surface area (Å²) in [5.74, 6) is 0.139. The Morgan fingerprint density at radius 1 is 1.10 bits per heavy atom. The van der Waals surface area contributed by atoms with Crippen LogP contribution in [0.15, 0.2) is 57.4 Å². The molecule has 6 heteroatoms. The first-order valence-corrected chi connectivity index (χ1v) is 7.03. The van der Waals surface area contributed by atoms with Crippen molar-refractivity contribution in [2.24, 2.45) is 5.73 Å². The fraction of sp³-hybridized carbons (Fsp3) is 0.0667. The normalized spacial score (nSPS) is 12.3. The van der Waals surface area contributed by atoms with Crippen molar-refractivity contribution < 1.29 is 8.81 Å². The highest BCUT2D eigenvalue weighted by molar-refractivity contribution is 9.10. The van der Waals surface area contributed by atoms with Crippen LogP contribution in [0.25, 0.3) is 11.5 Å². The van der Waals surface area contributed by atoms with Crippen molar-refractivity contribution >= 4 is 15.9 Å². The van der Waals surface area contributed by atoms with Crippen LogP contribution >= 0.6 is 15.9 Å². The molecule has 0 saturated carbocycles. The molecule has 0 saturated heterocycles. The Morgan fingerprint density at radius 2 is 1.86 bits per heavy atom. The molecule has 3 rings (SSSR count). The van der Waals surface area contributed by atoms with Crippen LogP contribution < -0.4 is 5.73 Å². The second-order valence-corrected chi connectivity index (χ2v) is 5.41. The first-order chi connectivity index (χ1) is 10.1. The topological polar surface area (TPSA) is 64.9 Å². The number of hydrogen-bond acceptors (Lipinski definition) is 4. The summed E-state index contributed by atoms with van der Waals surface area (Å²) in [6, 6.07) is 13.3. The molecule has 21 heavy (non-hydrogen) atoms. The van der Waals surface area contributed by atoms with Crippen LogP contribution in [0.3, 0.4) is 0 Å². The van der Waals surface area contributed by atoms with Gasteiger partial charge in [0.2, 0.25) is 11.8 Å². The van der Waals surface area contributed by atoms with Gasteiger partial charge in [-0.15, -0.1) is 10.2 Å². The Balaban J connectivity index is 1.93. The van der Waals surface area contributed by atoms with Gasteiger partial charge in [-0.05, 0) is 23.8 Å². The summed E-state index contributed by atoms with van der Waals surface area (Å²) < 4.78 is 19.6. The molecule has 1 aromatic heterocycles. The van der Waals surface area contributed by atoms with Crippen molar-refractivity contribution in [3.63, 3.8) is 0 Å². The van der Waals surface area contributed by atoms with Crippen molar-refractivity contribution in [3.05, 3.63) is 70.3 Å². The summed E-state index contributed by atoms with van der Waals surface area (Å²) in [5, 5.41) is 7.88. The Morgan fingerprint density at radius 3 is 2.57 bits per heavy atom. The SMILES string of the molecule is NC(c1ccccc1)c1nnc(-c2cc(F)cc(Br)c2)o1. The van der Waals surface area contributed by atoms with E-state index in [1.165, 1.54) is 12.1 Å². The average Bonchev–Trinajstić information content (AvgIpc) is 2.96. The fourth-order valence-corrected chi connectivity index (χ4v) is 2.42. The Labute approximate surface area is 128 Å². The molecule has 0 amide bonds. The van der Waals surface area contributed by atoms with Gasteiger partial charge in [0, 0.05) is 10.0 Å². The number of hydrogen-bond donors (Lipinski definition) is 1. The van der Waals surface area contributed by atoms with E-state index >= 15 is 0 Å². The summed E-state index contributed by atoms with van der Waals surface area (Å²) in [7, 11) is 0. The smallest absolute Gasteiger partial charge is 0.247 e. The van der Waals surface area contributed by atoms with Crippen LogP contribution in [0, 0.1) is 5.82 Å². The molecular formula is C15H11BrFN3O. The van der Waals surface area contributed by atoms with E-state index in [4.69, 9.17) is 10.2 Å². The van der Waals surface area contributed by atoms with Gasteiger partial charge in [0.25, 0.3) is 0 Å². The highest BCUT2D eigenvalue weighted by Gasteiger charge is 2.17. The van der Waals surface area contributed by atoms with Crippen LogP contribution in [-0.2, 0) is 0 Å². The number of aromatic nitrogens is 2. The molecule has 0 fully saturated rings. The molecule has 106 valence electrons. The molecule has 2 N–H and O–H groups in total. The van der Waals surface area contributed by atoms with Gasteiger partial charge in [-0.3, -0.25) is 0 Å². The second kappa shape index (κ2) is 5.75. The first-order valence-electron chi connectivity index (χ1n) is 6.24. The van der Waals surface area contributed by atoms with E-state index in [1.807, 2.05) is 30.3 Å². The second-order valence-electron chi connectivity index (χ2n) is 4.49. The summed E-state index contributed by atoms with van der Waals surface area (Å²) in [4.78, 5) is 0. The lowest BCUT2D eigenvalue weighted by molar-refractivity contribution is 0.483. The quantitative estimate of drug-likeness (QED) is 0.784. The maximum Gasteiger partial charge on any atom is 0.247 e. The molecular weight excluding hydrogens is 337 g/mol. The molecule has 2 aromatic carbocycles. The summed E-state index contributed by atoms with van der Waals surface area (Å²) in [6.07, 6.45) is 0. The third kappa shape index (κ3) is 3.01. The highest BCUT2D eigenvalue weighted by Crippen LogP contribution is 2.26. The summed E-state index contributed by atoms with van der Waals surface area (Å²) in [6.45, 7) is 0. The molecule has 0 radical (unpaired) electrons. The van der Waals surface area contributed by atoms with E-state index in [-0.39, 0.29) is 17.6 Å². The van der Waals surface area contributed by atoms with Crippen molar-refractivity contribution in [2.75, 3.05) is 0 Å². The van der Waals surface area contributed by atoms with Gasteiger partial charge in [-0.1, -0.05) is 46.3 Å². The predicted octanol–water partition coefficient (Wildman–Crippen LogP) is 3.69. The van der Waals surface area contributed by atoms with Crippen molar-refractivity contribution in [1.82, 2.24) is 10.2 Å². The lowest BCUT2D eigenvalue weighted by Crippen LogP contribution is -2.11. The molecule has 3 aromatic rings. The molecule has 0 aliphatic heterocycles. The van der Waals surface area contributed by atoms with Gasteiger partial charge in [0.1, 0.15) is 11.9 Å². The van der Waals surface area contributed by atoms with Crippen LogP contribution in [0.2, 0.25) is 0 Å². The third-order valence-corrected chi connectivity index (χ3v) is 3.43. The number of nitrogens with two attached hydrogens (primary N) is 1. The van der Waals surface area contributed by atoms with Crippen molar-refractivity contribution in [3.8, 4) is 11.5 Å². The molecule has 0 bridgehead atoms. The first kappa shape index (κ1) is 13.9. The van der Waals surface area contributed by atoms with E-state index in [0.717, 1.165) is 5.56 Å². The number of nitrogens with zero attached hydrogens (tertiary/aromatic N) is 2. The molecule has 4 nitrogen and oxygen atoms in total. The van der Waals surface area contributed by atoms with Crippen LogP contribution in [0.4, 0.5) is 4.39 Å². The van der Waals surface area contributed by atoms with Gasteiger partial charge in [-0.2, -0.15) is 0 Å². The number of halogens is 2. The monoisotopic (exact) mass is 347 g/mol. The van der Waals surface area contributed by atoms with Crippen molar-refractivity contribution in [1.29, 1.82) is 0 Å². The number of rotatable bonds is 3. The predicted molar refractivity (Wildman–Crippen MR) is 79.9 cm³/mol. The Bertz CT molecular complexity index is 740. The molecule has 0 aliphatic carbocycles. The summed E-state index contributed by atoms with van der Waals surface area (Å²) >= 11 is 3.23. The van der Waals surface area contributed by atoms with Crippen LogP contribution in [0.5, 0.6) is 0 Å². The largest absolute Gasteiger partial charge is 0.419 e. The Hall–Kier alpha value is -2.05. The highest BCUT2D eigenvalue weighted by atomic mass is 79.9. The molecule has 0 spiro atoms. The zero-order valence-electron chi connectivity index (χ0n) is 10.8. The lowest BCUT2D eigenvalue weighted by atomic mass is 10.1. The zero-order chi connectivity index (χ0) is 14.8. The lowest BCUT2D eigenvalue weighted by Gasteiger charge is -2.06. The Kier molecular flexibility index (Phi) is 3.81. The molecule has 1 unspecified atom stereocenters. The maximum absolute atomic E-state index is 13.4. The summed E-state index contributed by atoms with van der Waals surface area (Å²) in [5.41, 5.74) is 7.46. The molecule has 0 aliphatic rings. The number of benzene rings is 2. The van der Waals surface area contributed by atoms with E-state index in [1.54, 1.807) is 6.07 Å². The van der Waals surface area contributed by atoms with E-state index < -0.39 is 6.04 Å². The fourth-order valence-electron chi connectivity index (χ4n) is 1.96. The van der Waals surface area contributed by atoms with E-state index in [9.17, 15) is 4.39 Å².